The van der Waals surface area contributed by atoms with E-state index in [1.54, 1.807) is 31.2 Å². The number of nitrogens with one attached hydrogen (secondary N) is 3. The normalized spacial score (nSPS) is 10.4. The predicted molar refractivity (Wildman–Crippen MR) is 119 cm³/mol. The van der Waals surface area contributed by atoms with E-state index in [0.717, 1.165) is 16.9 Å². The Kier molecular flexibility index (Phi) is 5.20. The number of aryl methyl sites for hydroxylation is 1. The first-order chi connectivity index (χ1) is 14.6. The Labute approximate surface area is 176 Å². The average Bonchev–Trinajstić information content (AvgIpc) is 3.12. The van der Waals surface area contributed by atoms with Crippen LogP contribution in [0, 0.1) is 18.3 Å². The highest BCUT2D eigenvalue weighted by Crippen LogP contribution is 2.36. The molecule has 0 fully saturated rings. The fourth-order valence-electron chi connectivity index (χ4n) is 3.09. The van der Waals surface area contributed by atoms with Gasteiger partial charge in [-0.3, -0.25) is 15.6 Å². The summed E-state index contributed by atoms with van der Waals surface area (Å²) >= 11 is 1.13. The van der Waals surface area contributed by atoms with Crippen LogP contribution in [-0.2, 0) is 0 Å². The van der Waals surface area contributed by atoms with Crippen LogP contribution in [0.3, 0.4) is 0 Å². The molecule has 4 N–H and O–H groups in total. The molecule has 8 heteroatoms. The molecule has 0 saturated heterocycles. The van der Waals surface area contributed by atoms with Gasteiger partial charge in [0.15, 0.2) is 5.75 Å². The van der Waals surface area contributed by atoms with Crippen LogP contribution in [0.15, 0.2) is 60.7 Å². The number of anilines is 3. The van der Waals surface area contributed by atoms with Gasteiger partial charge in [-0.1, -0.05) is 42.5 Å². The Morgan fingerprint density at radius 2 is 1.83 bits per heavy atom. The number of carbonyl (C=O) groups is 1. The third-order valence-corrected chi connectivity index (χ3v) is 5.42. The fourth-order valence-corrected chi connectivity index (χ4v) is 3.79. The van der Waals surface area contributed by atoms with Gasteiger partial charge < -0.3 is 10.4 Å². The Balaban J connectivity index is 1.72. The van der Waals surface area contributed by atoms with E-state index in [4.69, 9.17) is 0 Å². The first kappa shape index (κ1) is 19.2. The molecule has 0 aliphatic rings. The molecule has 148 valence electrons. The lowest BCUT2D eigenvalue weighted by Gasteiger charge is -2.16. The highest BCUT2D eigenvalue weighted by Gasteiger charge is 2.20. The topological polar surface area (TPSA) is 110 Å². The van der Waals surface area contributed by atoms with E-state index in [1.165, 1.54) is 0 Å². The molecule has 0 unspecified atom stereocenters. The Bertz CT molecular complexity index is 1280. The SMILES string of the molecule is Cc1nsc(NNc2cc3ccccc3c(C(=O)Nc3ccccc3)c2O)c1C#N. The lowest BCUT2D eigenvalue weighted by atomic mass is 10.0. The Hall–Kier alpha value is -4.09. The maximum absolute atomic E-state index is 13.0. The summed E-state index contributed by atoms with van der Waals surface area (Å²) in [5, 5.41) is 24.9. The van der Waals surface area contributed by atoms with Crippen molar-refractivity contribution in [3.05, 3.63) is 77.5 Å². The quantitative estimate of drug-likeness (QED) is 0.273. The van der Waals surface area contributed by atoms with Crippen LogP contribution >= 0.6 is 11.5 Å². The molecule has 0 atom stereocenters. The van der Waals surface area contributed by atoms with Crippen molar-refractivity contribution >= 4 is 44.6 Å². The minimum absolute atomic E-state index is 0.155. The van der Waals surface area contributed by atoms with E-state index >= 15 is 0 Å². The largest absolute Gasteiger partial charge is 0.505 e. The number of hydrazine groups is 1. The number of para-hydroxylation sites is 1. The molecule has 0 spiro atoms. The molecule has 4 aromatic rings. The number of rotatable bonds is 5. The monoisotopic (exact) mass is 415 g/mol. The third-order valence-electron chi connectivity index (χ3n) is 4.57. The van der Waals surface area contributed by atoms with Crippen molar-refractivity contribution in [3.63, 3.8) is 0 Å². The van der Waals surface area contributed by atoms with Crippen LogP contribution in [0.5, 0.6) is 5.75 Å². The van der Waals surface area contributed by atoms with Gasteiger partial charge in [0.2, 0.25) is 0 Å². The van der Waals surface area contributed by atoms with Crippen LogP contribution in [-0.4, -0.2) is 15.4 Å². The number of nitriles is 1. The lowest BCUT2D eigenvalue weighted by Crippen LogP contribution is -2.15. The number of phenols is 1. The highest BCUT2D eigenvalue weighted by molar-refractivity contribution is 7.10. The number of aromatic hydroxyl groups is 1. The number of aromatic nitrogens is 1. The summed E-state index contributed by atoms with van der Waals surface area (Å²) in [4.78, 5) is 13.0. The van der Waals surface area contributed by atoms with Gasteiger partial charge >= 0.3 is 0 Å². The first-order valence-electron chi connectivity index (χ1n) is 9.08. The number of hydrogen-bond acceptors (Lipinski definition) is 7. The van der Waals surface area contributed by atoms with Crippen molar-refractivity contribution in [1.82, 2.24) is 4.37 Å². The van der Waals surface area contributed by atoms with E-state index in [-0.39, 0.29) is 11.3 Å². The molecule has 1 heterocycles. The van der Waals surface area contributed by atoms with Gasteiger partial charge in [-0.25, -0.2) is 0 Å². The van der Waals surface area contributed by atoms with Crippen LogP contribution in [0.2, 0.25) is 0 Å². The van der Waals surface area contributed by atoms with E-state index < -0.39 is 5.91 Å². The molecular formula is C22H17N5O2S. The van der Waals surface area contributed by atoms with E-state index in [1.807, 2.05) is 36.4 Å². The second-order valence-corrected chi connectivity index (χ2v) is 7.30. The van der Waals surface area contributed by atoms with Crippen molar-refractivity contribution < 1.29 is 9.90 Å². The minimum Gasteiger partial charge on any atom is -0.505 e. The summed E-state index contributed by atoms with van der Waals surface area (Å²) in [7, 11) is 0. The summed E-state index contributed by atoms with van der Waals surface area (Å²) in [5.41, 5.74) is 7.96. The van der Waals surface area contributed by atoms with E-state index in [0.29, 0.717) is 33.0 Å². The second-order valence-electron chi connectivity index (χ2n) is 6.52. The molecule has 0 aliphatic carbocycles. The van der Waals surface area contributed by atoms with Gasteiger partial charge in [0.05, 0.1) is 16.9 Å². The predicted octanol–water partition coefficient (Wildman–Crippen LogP) is 4.87. The molecule has 3 aromatic carbocycles. The van der Waals surface area contributed by atoms with Crippen molar-refractivity contribution in [3.8, 4) is 11.8 Å². The standard InChI is InChI=1S/C22H17N5O2S/c1-13-17(12-23)22(30-27-13)26-25-18-11-14-7-5-6-10-16(14)19(20(18)28)21(29)24-15-8-3-2-4-9-15/h2-11,25-26,28H,1H3,(H,24,29). The van der Waals surface area contributed by atoms with Crippen molar-refractivity contribution in [1.29, 1.82) is 5.26 Å². The number of nitrogens with zero attached hydrogens (tertiary/aromatic N) is 2. The van der Waals surface area contributed by atoms with Crippen molar-refractivity contribution in [2.75, 3.05) is 16.2 Å². The molecule has 30 heavy (non-hydrogen) atoms. The molecule has 0 saturated carbocycles. The van der Waals surface area contributed by atoms with Crippen molar-refractivity contribution in [2.45, 2.75) is 6.92 Å². The zero-order valence-electron chi connectivity index (χ0n) is 15.9. The number of hydrogen-bond donors (Lipinski definition) is 4. The van der Waals surface area contributed by atoms with Crippen LogP contribution in [0.4, 0.5) is 16.4 Å². The summed E-state index contributed by atoms with van der Waals surface area (Å²) in [6.45, 7) is 1.75. The highest BCUT2D eigenvalue weighted by atomic mass is 32.1. The first-order valence-corrected chi connectivity index (χ1v) is 9.85. The summed E-state index contributed by atoms with van der Waals surface area (Å²) < 4.78 is 4.15. The van der Waals surface area contributed by atoms with Crippen LogP contribution in [0.25, 0.3) is 10.8 Å². The Morgan fingerprint density at radius 1 is 1.10 bits per heavy atom. The average molecular weight is 415 g/mol. The minimum atomic E-state index is -0.426. The fraction of sp³-hybridized carbons (Fsp3) is 0.0455. The van der Waals surface area contributed by atoms with E-state index in [9.17, 15) is 15.2 Å². The number of benzene rings is 3. The van der Waals surface area contributed by atoms with Crippen LogP contribution in [0.1, 0.15) is 21.6 Å². The summed E-state index contributed by atoms with van der Waals surface area (Å²) in [6, 6.07) is 20.2. The molecule has 1 aromatic heterocycles. The van der Waals surface area contributed by atoms with Gasteiger partial charge in [0, 0.05) is 5.69 Å². The van der Waals surface area contributed by atoms with Crippen LogP contribution < -0.4 is 16.2 Å². The number of carbonyl (C=O) groups excluding carboxylic acids is 1. The molecule has 0 radical (unpaired) electrons. The van der Waals surface area contributed by atoms with Gasteiger partial charge in [0.25, 0.3) is 5.91 Å². The number of fused-ring (bicyclic) bond motifs is 1. The smallest absolute Gasteiger partial charge is 0.260 e. The maximum Gasteiger partial charge on any atom is 0.260 e. The zero-order valence-corrected chi connectivity index (χ0v) is 16.7. The van der Waals surface area contributed by atoms with Gasteiger partial charge in [0.1, 0.15) is 16.6 Å². The third kappa shape index (κ3) is 3.62. The lowest BCUT2D eigenvalue weighted by molar-refractivity contribution is 0.102. The summed E-state index contributed by atoms with van der Waals surface area (Å²) in [5.74, 6) is -0.626. The van der Waals surface area contributed by atoms with Crippen molar-refractivity contribution in [2.24, 2.45) is 0 Å². The van der Waals surface area contributed by atoms with E-state index in [2.05, 4.69) is 26.6 Å². The molecule has 4 rings (SSSR count). The van der Waals surface area contributed by atoms with Gasteiger partial charge in [-0.05, 0) is 47.4 Å². The molecular weight excluding hydrogens is 398 g/mol. The second kappa shape index (κ2) is 8.11. The number of amides is 1. The van der Waals surface area contributed by atoms with Gasteiger partial charge in [-0.2, -0.15) is 9.64 Å². The molecule has 7 nitrogen and oxygen atoms in total. The zero-order chi connectivity index (χ0) is 21.1. The number of phenolic OH excluding ortho intramolecular Hbond substituents is 1. The molecule has 1 amide bonds. The Morgan fingerprint density at radius 3 is 2.60 bits per heavy atom. The molecule has 0 aliphatic heterocycles. The van der Waals surface area contributed by atoms with Gasteiger partial charge in [-0.15, -0.1) is 0 Å². The summed E-state index contributed by atoms with van der Waals surface area (Å²) in [6.07, 6.45) is 0. The maximum atomic E-state index is 13.0. The molecule has 0 bridgehead atoms.